The number of nitrogens with two attached hydrogens (primary N) is 1. The van der Waals surface area contributed by atoms with Gasteiger partial charge in [0.25, 0.3) is 0 Å². The minimum atomic E-state index is 0.120. The first kappa shape index (κ1) is 14.0. The summed E-state index contributed by atoms with van der Waals surface area (Å²) in [6.45, 7) is 11.1. The average Bonchev–Trinajstić information content (AvgIpc) is 3.11. The SMILES string of the molecule is C=C(C)COCCNC1(CN)CCN(C2CC2)C1. The van der Waals surface area contributed by atoms with Gasteiger partial charge in [0.05, 0.1) is 13.2 Å². The summed E-state index contributed by atoms with van der Waals surface area (Å²) in [6, 6.07) is 0.847. The van der Waals surface area contributed by atoms with E-state index in [9.17, 15) is 0 Å². The van der Waals surface area contributed by atoms with Crippen LogP contribution in [0.15, 0.2) is 12.2 Å². The van der Waals surface area contributed by atoms with Gasteiger partial charge in [0, 0.05) is 37.8 Å². The molecule has 1 saturated heterocycles. The molecule has 0 aromatic carbocycles. The maximum Gasteiger partial charge on any atom is 0.0672 e. The van der Waals surface area contributed by atoms with Crippen LogP contribution >= 0.6 is 0 Å². The highest BCUT2D eigenvalue weighted by Gasteiger charge is 2.41. The van der Waals surface area contributed by atoms with E-state index in [1.807, 2.05) is 6.92 Å². The fraction of sp³-hybridized carbons (Fsp3) is 0.857. The van der Waals surface area contributed by atoms with Gasteiger partial charge in [-0.15, -0.1) is 0 Å². The van der Waals surface area contributed by atoms with Gasteiger partial charge in [0.15, 0.2) is 0 Å². The van der Waals surface area contributed by atoms with Crippen LogP contribution in [0.2, 0.25) is 0 Å². The Bertz CT molecular complexity index is 291. The van der Waals surface area contributed by atoms with Crippen molar-refractivity contribution in [2.24, 2.45) is 5.73 Å². The number of hydrogen-bond acceptors (Lipinski definition) is 4. The molecule has 1 unspecified atom stereocenters. The van der Waals surface area contributed by atoms with Gasteiger partial charge in [0.1, 0.15) is 0 Å². The van der Waals surface area contributed by atoms with Crippen molar-refractivity contribution in [1.82, 2.24) is 10.2 Å². The Kier molecular flexibility index (Phi) is 4.78. The van der Waals surface area contributed by atoms with Crippen molar-refractivity contribution in [1.29, 1.82) is 0 Å². The smallest absolute Gasteiger partial charge is 0.0672 e. The standard InChI is InChI=1S/C14H27N3O/c1-12(2)9-18-8-6-16-14(10-15)5-7-17(11-14)13-3-4-13/h13,16H,1,3-11,15H2,2H3. The summed E-state index contributed by atoms with van der Waals surface area (Å²) in [5.74, 6) is 0. The van der Waals surface area contributed by atoms with E-state index in [1.165, 1.54) is 25.8 Å². The lowest BCUT2D eigenvalue weighted by Crippen LogP contribution is -2.54. The topological polar surface area (TPSA) is 50.5 Å². The van der Waals surface area contributed by atoms with E-state index >= 15 is 0 Å². The highest BCUT2D eigenvalue weighted by molar-refractivity contribution is 5.02. The lowest BCUT2D eigenvalue weighted by atomic mass is 9.99. The summed E-state index contributed by atoms with van der Waals surface area (Å²) < 4.78 is 5.51. The molecule has 1 saturated carbocycles. The lowest BCUT2D eigenvalue weighted by molar-refractivity contribution is 0.147. The minimum Gasteiger partial charge on any atom is -0.376 e. The van der Waals surface area contributed by atoms with Crippen molar-refractivity contribution in [2.75, 3.05) is 39.4 Å². The van der Waals surface area contributed by atoms with Crippen LogP contribution < -0.4 is 11.1 Å². The maximum atomic E-state index is 5.97. The van der Waals surface area contributed by atoms with Crippen molar-refractivity contribution in [3.05, 3.63) is 12.2 Å². The zero-order valence-corrected chi connectivity index (χ0v) is 11.6. The predicted octanol–water partition coefficient (Wildman–Crippen LogP) is 0.734. The first-order valence-electron chi connectivity index (χ1n) is 7.06. The molecular weight excluding hydrogens is 226 g/mol. The van der Waals surface area contributed by atoms with E-state index in [2.05, 4.69) is 16.8 Å². The molecule has 0 aromatic heterocycles. The van der Waals surface area contributed by atoms with Crippen LogP contribution in [-0.4, -0.2) is 55.9 Å². The molecule has 1 aliphatic carbocycles. The molecule has 3 N–H and O–H groups in total. The summed E-state index contributed by atoms with van der Waals surface area (Å²) in [4.78, 5) is 2.59. The van der Waals surface area contributed by atoms with Crippen LogP contribution in [0, 0.1) is 0 Å². The van der Waals surface area contributed by atoms with E-state index in [0.717, 1.165) is 37.9 Å². The average molecular weight is 253 g/mol. The van der Waals surface area contributed by atoms with Crippen molar-refractivity contribution in [2.45, 2.75) is 37.8 Å². The first-order valence-corrected chi connectivity index (χ1v) is 7.06. The molecule has 1 aliphatic heterocycles. The van der Waals surface area contributed by atoms with E-state index in [0.29, 0.717) is 6.61 Å². The third kappa shape index (κ3) is 3.79. The first-order chi connectivity index (χ1) is 8.65. The van der Waals surface area contributed by atoms with Crippen molar-refractivity contribution >= 4 is 0 Å². The van der Waals surface area contributed by atoms with Crippen molar-refractivity contribution < 1.29 is 4.74 Å². The van der Waals surface area contributed by atoms with Gasteiger partial charge in [-0.05, 0) is 26.2 Å². The normalized spacial score (nSPS) is 28.8. The quantitative estimate of drug-likeness (QED) is 0.495. The third-order valence-corrected chi connectivity index (χ3v) is 3.93. The predicted molar refractivity (Wildman–Crippen MR) is 74.6 cm³/mol. The van der Waals surface area contributed by atoms with Gasteiger partial charge in [-0.1, -0.05) is 12.2 Å². The molecule has 0 radical (unpaired) electrons. The van der Waals surface area contributed by atoms with Crippen molar-refractivity contribution in [3.8, 4) is 0 Å². The number of hydrogen-bond donors (Lipinski definition) is 2. The summed E-state index contributed by atoms with van der Waals surface area (Å²) in [5, 5.41) is 3.61. The summed E-state index contributed by atoms with van der Waals surface area (Å²) in [5.41, 5.74) is 7.16. The summed E-state index contributed by atoms with van der Waals surface area (Å²) in [6.07, 6.45) is 3.92. The second-order valence-electron chi connectivity index (χ2n) is 5.87. The van der Waals surface area contributed by atoms with Crippen LogP contribution in [0.4, 0.5) is 0 Å². The molecule has 4 heteroatoms. The molecule has 18 heavy (non-hydrogen) atoms. The second-order valence-corrected chi connectivity index (χ2v) is 5.87. The van der Waals surface area contributed by atoms with Crippen LogP contribution in [0.3, 0.4) is 0 Å². The van der Waals surface area contributed by atoms with Gasteiger partial charge >= 0.3 is 0 Å². The monoisotopic (exact) mass is 253 g/mol. The zero-order chi connectivity index (χ0) is 13.0. The molecule has 4 nitrogen and oxygen atoms in total. The van der Waals surface area contributed by atoms with Crippen molar-refractivity contribution in [3.63, 3.8) is 0 Å². The van der Waals surface area contributed by atoms with Gasteiger partial charge < -0.3 is 15.8 Å². The molecule has 0 bridgehead atoms. The Hall–Kier alpha value is -0.420. The Labute approximate surface area is 111 Å². The van der Waals surface area contributed by atoms with Gasteiger partial charge in [-0.3, -0.25) is 4.90 Å². The van der Waals surface area contributed by atoms with E-state index in [4.69, 9.17) is 10.5 Å². The molecule has 2 aliphatic rings. The van der Waals surface area contributed by atoms with E-state index in [1.54, 1.807) is 0 Å². The van der Waals surface area contributed by atoms with E-state index in [-0.39, 0.29) is 5.54 Å². The summed E-state index contributed by atoms with van der Waals surface area (Å²) in [7, 11) is 0. The molecule has 1 atom stereocenters. The lowest BCUT2D eigenvalue weighted by Gasteiger charge is -2.29. The number of nitrogens with one attached hydrogen (secondary N) is 1. The molecule has 1 heterocycles. The van der Waals surface area contributed by atoms with Crippen LogP contribution in [0.25, 0.3) is 0 Å². The number of ether oxygens (including phenoxy) is 1. The summed E-state index contributed by atoms with van der Waals surface area (Å²) >= 11 is 0. The molecule has 2 rings (SSSR count). The van der Waals surface area contributed by atoms with Crippen LogP contribution in [0.5, 0.6) is 0 Å². The third-order valence-electron chi connectivity index (χ3n) is 3.93. The number of nitrogens with zero attached hydrogens (tertiary/aromatic N) is 1. The highest BCUT2D eigenvalue weighted by Crippen LogP contribution is 2.32. The minimum absolute atomic E-state index is 0.120. The van der Waals surface area contributed by atoms with Crippen LogP contribution in [0.1, 0.15) is 26.2 Å². The van der Waals surface area contributed by atoms with Gasteiger partial charge in [-0.2, -0.15) is 0 Å². The van der Waals surface area contributed by atoms with E-state index < -0.39 is 0 Å². The Morgan fingerprint density at radius 2 is 2.33 bits per heavy atom. The largest absolute Gasteiger partial charge is 0.376 e. The van der Waals surface area contributed by atoms with Crippen LogP contribution in [-0.2, 0) is 4.74 Å². The maximum absolute atomic E-state index is 5.97. The Morgan fingerprint density at radius 3 is 2.94 bits per heavy atom. The molecule has 2 fully saturated rings. The fourth-order valence-corrected chi connectivity index (χ4v) is 2.67. The molecule has 104 valence electrons. The molecule has 0 amide bonds. The molecule has 0 aromatic rings. The van der Waals surface area contributed by atoms with Gasteiger partial charge in [-0.25, -0.2) is 0 Å². The molecular formula is C14H27N3O. The van der Waals surface area contributed by atoms with Gasteiger partial charge in [0.2, 0.25) is 0 Å². The molecule has 0 spiro atoms. The Morgan fingerprint density at radius 1 is 1.56 bits per heavy atom. The Balaban J connectivity index is 1.67. The number of likely N-dealkylation sites (tertiary alicyclic amines) is 1. The highest BCUT2D eigenvalue weighted by atomic mass is 16.5. The fourth-order valence-electron chi connectivity index (χ4n) is 2.67. The second kappa shape index (κ2) is 6.15. The zero-order valence-electron chi connectivity index (χ0n) is 11.6. The number of rotatable bonds is 8.